The highest BCUT2D eigenvalue weighted by atomic mass is 32.2. The van der Waals surface area contributed by atoms with Gasteiger partial charge < -0.3 is 5.32 Å². The zero-order valence-electron chi connectivity index (χ0n) is 12.3. The number of nitrogens with one attached hydrogen (secondary N) is 3. The van der Waals surface area contributed by atoms with E-state index in [-0.39, 0.29) is 16.3 Å². The van der Waals surface area contributed by atoms with Crippen molar-refractivity contribution in [3.8, 4) is 0 Å². The summed E-state index contributed by atoms with van der Waals surface area (Å²) in [5.74, 6) is -2.89. The van der Waals surface area contributed by atoms with E-state index in [1.807, 2.05) is 0 Å². The summed E-state index contributed by atoms with van der Waals surface area (Å²) in [5.41, 5.74) is 0.635. The summed E-state index contributed by atoms with van der Waals surface area (Å²) in [6, 6.07) is 2.81. The van der Waals surface area contributed by atoms with Crippen LogP contribution in [0.1, 0.15) is 11.4 Å². The smallest absolute Gasteiger partial charge is 0.244 e. The molecule has 0 fully saturated rings. The number of carbonyl (C=O) groups excluding carboxylic acids is 1. The van der Waals surface area contributed by atoms with Gasteiger partial charge in [0.2, 0.25) is 15.9 Å². The molecular weight excluding hydrogens is 330 g/mol. The van der Waals surface area contributed by atoms with Crippen molar-refractivity contribution in [2.75, 3.05) is 11.9 Å². The van der Waals surface area contributed by atoms with E-state index in [0.29, 0.717) is 5.69 Å². The van der Waals surface area contributed by atoms with E-state index in [1.165, 1.54) is 13.8 Å². The fourth-order valence-corrected chi connectivity index (χ4v) is 3.30. The number of carbonyl (C=O) groups is 1. The Balaban J connectivity index is 2.02. The lowest BCUT2D eigenvalue weighted by atomic mass is 10.3. The third-order valence-corrected chi connectivity index (χ3v) is 4.62. The Kier molecular flexibility index (Phi) is 4.76. The maximum Gasteiger partial charge on any atom is 0.244 e. The number of aromatic amines is 1. The minimum Gasteiger partial charge on any atom is -0.325 e. The number of benzene rings is 1. The van der Waals surface area contributed by atoms with E-state index < -0.39 is 34.1 Å². The van der Waals surface area contributed by atoms with Crippen molar-refractivity contribution >= 4 is 21.6 Å². The molecule has 0 aliphatic rings. The molecule has 10 heteroatoms. The van der Waals surface area contributed by atoms with Crippen molar-refractivity contribution in [3.05, 3.63) is 41.2 Å². The summed E-state index contributed by atoms with van der Waals surface area (Å²) in [4.78, 5) is 11.7. The van der Waals surface area contributed by atoms with Crippen LogP contribution < -0.4 is 10.0 Å². The van der Waals surface area contributed by atoms with E-state index in [9.17, 15) is 22.0 Å². The fraction of sp³-hybridized carbons (Fsp3) is 0.231. The topological polar surface area (TPSA) is 104 Å². The number of H-pyrrole nitrogens is 1. The maximum atomic E-state index is 13.0. The zero-order chi connectivity index (χ0) is 17.2. The lowest BCUT2D eigenvalue weighted by Gasteiger charge is -2.08. The molecule has 1 aromatic heterocycles. The van der Waals surface area contributed by atoms with E-state index in [1.54, 1.807) is 0 Å². The minimum absolute atomic E-state index is 0.0174. The van der Waals surface area contributed by atoms with Crippen molar-refractivity contribution in [3.63, 3.8) is 0 Å². The van der Waals surface area contributed by atoms with Crippen LogP contribution in [0.25, 0.3) is 0 Å². The predicted octanol–water partition coefficient (Wildman–Crippen LogP) is 1.22. The average molecular weight is 344 g/mol. The molecule has 2 aromatic rings. The molecule has 7 nitrogen and oxygen atoms in total. The monoisotopic (exact) mass is 344 g/mol. The van der Waals surface area contributed by atoms with Crippen LogP contribution in [0.5, 0.6) is 0 Å². The molecule has 0 saturated carbocycles. The number of aromatic nitrogens is 2. The summed E-state index contributed by atoms with van der Waals surface area (Å²) >= 11 is 0. The molecule has 1 aromatic carbocycles. The molecule has 0 spiro atoms. The van der Waals surface area contributed by atoms with Crippen molar-refractivity contribution in [2.24, 2.45) is 0 Å². The summed E-state index contributed by atoms with van der Waals surface area (Å²) in [6.45, 7) is 2.49. The molecule has 0 aliphatic heterocycles. The molecule has 124 valence electrons. The van der Waals surface area contributed by atoms with Crippen LogP contribution in [0.15, 0.2) is 23.1 Å². The van der Waals surface area contributed by atoms with Crippen LogP contribution in [-0.4, -0.2) is 31.1 Å². The Hall–Kier alpha value is -2.33. The van der Waals surface area contributed by atoms with E-state index >= 15 is 0 Å². The van der Waals surface area contributed by atoms with Gasteiger partial charge in [0.05, 0.1) is 17.9 Å². The highest BCUT2D eigenvalue weighted by Gasteiger charge is 2.22. The van der Waals surface area contributed by atoms with Crippen LogP contribution in [0.3, 0.4) is 0 Å². The summed E-state index contributed by atoms with van der Waals surface area (Å²) < 4.78 is 52.2. The molecule has 0 radical (unpaired) electrons. The van der Waals surface area contributed by atoms with E-state index in [2.05, 4.69) is 20.2 Å². The van der Waals surface area contributed by atoms with E-state index in [0.717, 1.165) is 18.2 Å². The highest BCUT2D eigenvalue weighted by Crippen LogP contribution is 2.16. The Morgan fingerprint density at radius 3 is 2.52 bits per heavy atom. The highest BCUT2D eigenvalue weighted by molar-refractivity contribution is 7.89. The lowest BCUT2D eigenvalue weighted by Crippen LogP contribution is -2.33. The number of anilines is 1. The van der Waals surface area contributed by atoms with Crippen LogP contribution in [0, 0.1) is 25.5 Å². The molecule has 0 unspecified atom stereocenters. The average Bonchev–Trinajstić information content (AvgIpc) is 2.81. The molecule has 0 atom stereocenters. The molecule has 2 rings (SSSR count). The third-order valence-electron chi connectivity index (χ3n) is 2.96. The molecule has 3 N–H and O–H groups in total. The van der Waals surface area contributed by atoms with Crippen molar-refractivity contribution < 1.29 is 22.0 Å². The summed E-state index contributed by atoms with van der Waals surface area (Å²) in [6.07, 6.45) is 0. The van der Waals surface area contributed by atoms with Gasteiger partial charge in [-0.1, -0.05) is 0 Å². The Morgan fingerprint density at radius 2 is 1.96 bits per heavy atom. The quantitative estimate of drug-likeness (QED) is 0.759. The van der Waals surface area contributed by atoms with Crippen LogP contribution in [0.2, 0.25) is 0 Å². The van der Waals surface area contributed by atoms with Crippen LogP contribution in [0.4, 0.5) is 14.5 Å². The van der Waals surface area contributed by atoms with E-state index in [4.69, 9.17) is 0 Å². The largest absolute Gasteiger partial charge is 0.325 e. The normalized spacial score (nSPS) is 11.5. The SMILES string of the molecule is Cc1n[nH]c(C)c1S(=O)(=O)NCC(=O)Nc1ccc(F)c(F)c1. The van der Waals surface area contributed by atoms with Crippen LogP contribution >= 0.6 is 0 Å². The molecule has 23 heavy (non-hydrogen) atoms. The minimum atomic E-state index is -3.92. The van der Waals surface area contributed by atoms with Gasteiger partial charge in [-0.3, -0.25) is 9.89 Å². The first-order valence-electron chi connectivity index (χ1n) is 6.47. The van der Waals surface area contributed by atoms with Gasteiger partial charge in [0, 0.05) is 11.8 Å². The lowest BCUT2D eigenvalue weighted by molar-refractivity contribution is -0.115. The first-order chi connectivity index (χ1) is 10.7. The maximum absolute atomic E-state index is 13.0. The Morgan fingerprint density at radius 1 is 1.26 bits per heavy atom. The molecule has 0 bridgehead atoms. The molecular formula is C13H14F2N4O3S. The fourth-order valence-electron chi connectivity index (χ4n) is 1.95. The molecule has 0 saturated heterocycles. The number of rotatable bonds is 5. The number of halogens is 2. The molecule has 1 heterocycles. The predicted molar refractivity (Wildman–Crippen MR) is 78.2 cm³/mol. The zero-order valence-corrected chi connectivity index (χ0v) is 13.1. The summed E-state index contributed by atoms with van der Waals surface area (Å²) in [5, 5.41) is 8.57. The number of hydrogen-bond acceptors (Lipinski definition) is 4. The first kappa shape index (κ1) is 17.0. The first-order valence-corrected chi connectivity index (χ1v) is 7.95. The second-order valence-corrected chi connectivity index (χ2v) is 6.47. The standard InChI is InChI=1S/C13H14F2N4O3S/c1-7-13(8(2)19-18-7)23(21,22)16-6-12(20)17-9-3-4-10(14)11(15)5-9/h3-5,16H,6H2,1-2H3,(H,17,20)(H,18,19). The second kappa shape index (κ2) is 6.42. The van der Waals surface area contributed by atoms with Gasteiger partial charge in [-0.05, 0) is 26.0 Å². The van der Waals surface area contributed by atoms with Crippen LogP contribution in [-0.2, 0) is 14.8 Å². The second-order valence-electron chi connectivity index (χ2n) is 4.76. The summed E-state index contributed by atoms with van der Waals surface area (Å²) in [7, 11) is -3.92. The van der Waals surface area contributed by atoms with Gasteiger partial charge in [0.1, 0.15) is 4.90 Å². The van der Waals surface area contributed by atoms with Gasteiger partial charge >= 0.3 is 0 Å². The van der Waals surface area contributed by atoms with Gasteiger partial charge in [-0.2, -0.15) is 5.10 Å². The number of aryl methyl sites for hydroxylation is 2. The number of hydrogen-bond donors (Lipinski definition) is 3. The van der Waals surface area contributed by atoms with Gasteiger partial charge in [-0.15, -0.1) is 0 Å². The van der Waals surface area contributed by atoms with Gasteiger partial charge in [0.15, 0.2) is 11.6 Å². The van der Waals surface area contributed by atoms with Crippen molar-refractivity contribution in [1.82, 2.24) is 14.9 Å². The van der Waals surface area contributed by atoms with Gasteiger partial charge in [-0.25, -0.2) is 21.9 Å². The number of sulfonamides is 1. The third kappa shape index (κ3) is 3.90. The molecule has 0 aliphatic carbocycles. The van der Waals surface area contributed by atoms with Crippen molar-refractivity contribution in [1.29, 1.82) is 0 Å². The number of amides is 1. The van der Waals surface area contributed by atoms with Gasteiger partial charge in [0.25, 0.3) is 0 Å². The van der Waals surface area contributed by atoms with Crippen molar-refractivity contribution in [2.45, 2.75) is 18.7 Å². The Bertz CT molecular complexity index is 829. The molecule has 1 amide bonds. The number of nitrogens with zero attached hydrogens (tertiary/aromatic N) is 1. The Labute approximate surface area is 131 Å².